The number of hydrogen-bond donors (Lipinski definition) is 1. The summed E-state index contributed by atoms with van der Waals surface area (Å²) in [5, 5.41) is 5.23. The van der Waals surface area contributed by atoms with E-state index in [-0.39, 0.29) is 10.6 Å². The number of carbonyl (C=O) groups is 1. The summed E-state index contributed by atoms with van der Waals surface area (Å²) in [4.78, 5) is 12.0. The highest BCUT2D eigenvalue weighted by Gasteiger charge is 2.11. The number of hydrogen-bond acceptors (Lipinski definition) is 1. The van der Waals surface area contributed by atoms with Crippen LogP contribution in [0.4, 0.5) is 4.39 Å². The van der Waals surface area contributed by atoms with Crippen molar-refractivity contribution >= 4 is 28.3 Å². The Morgan fingerprint density at radius 1 is 1.00 bits per heavy atom. The van der Waals surface area contributed by atoms with Crippen LogP contribution in [0.15, 0.2) is 60.7 Å². The van der Waals surface area contributed by atoms with Crippen molar-refractivity contribution in [1.29, 1.82) is 0 Å². The SMILES string of the molecule is O=C(NCc1ccc2ccccc2c1)c1ccc(Cl)cc1F. The summed E-state index contributed by atoms with van der Waals surface area (Å²) in [5.41, 5.74) is 0.951. The maximum atomic E-state index is 13.7. The molecular formula is C18H13ClFNO. The summed E-state index contributed by atoms with van der Waals surface area (Å²) >= 11 is 5.68. The third-order valence-corrected chi connectivity index (χ3v) is 3.68. The second-order valence-corrected chi connectivity index (χ2v) is 5.42. The number of carbonyl (C=O) groups excluding carboxylic acids is 1. The molecule has 110 valence electrons. The molecule has 0 heterocycles. The van der Waals surface area contributed by atoms with Gasteiger partial charge in [0.1, 0.15) is 5.82 Å². The van der Waals surface area contributed by atoms with Crippen molar-refractivity contribution in [2.45, 2.75) is 6.54 Å². The van der Waals surface area contributed by atoms with Gasteiger partial charge in [-0.05, 0) is 40.6 Å². The van der Waals surface area contributed by atoms with Crippen LogP contribution in [-0.2, 0) is 6.54 Å². The van der Waals surface area contributed by atoms with Crippen LogP contribution < -0.4 is 5.32 Å². The summed E-state index contributed by atoms with van der Waals surface area (Å²) in [6.07, 6.45) is 0. The molecule has 3 rings (SSSR count). The standard InChI is InChI=1S/C18H13ClFNO/c19-15-7-8-16(17(20)10-15)18(22)21-11-12-5-6-13-3-1-2-4-14(13)9-12/h1-10H,11H2,(H,21,22). The zero-order valence-corrected chi connectivity index (χ0v) is 12.4. The Morgan fingerprint density at radius 3 is 2.55 bits per heavy atom. The van der Waals surface area contributed by atoms with Crippen LogP contribution >= 0.6 is 11.6 Å². The predicted octanol–water partition coefficient (Wildman–Crippen LogP) is 4.56. The lowest BCUT2D eigenvalue weighted by Gasteiger charge is -2.07. The molecule has 1 amide bonds. The number of halogens is 2. The van der Waals surface area contributed by atoms with Crippen molar-refractivity contribution in [3.63, 3.8) is 0 Å². The lowest BCUT2D eigenvalue weighted by molar-refractivity contribution is 0.0947. The van der Waals surface area contributed by atoms with E-state index in [1.807, 2.05) is 42.5 Å². The second-order valence-electron chi connectivity index (χ2n) is 4.99. The molecule has 0 unspecified atom stereocenters. The molecule has 22 heavy (non-hydrogen) atoms. The molecule has 0 spiro atoms. The van der Waals surface area contributed by atoms with Crippen molar-refractivity contribution in [2.75, 3.05) is 0 Å². The minimum absolute atomic E-state index is 0.00908. The van der Waals surface area contributed by atoms with Crippen LogP contribution in [0.5, 0.6) is 0 Å². The largest absolute Gasteiger partial charge is 0.348 e. The molecule has 3 aromatic carbocycles. The van der Waals surface area contributed by atoms with Gasteiger partial charge in [-0.2, -0.15) is 0 Å². The number of fused-ring (bicyclic) bond motifs is 1. The fourth-order valence-corrected chi connectivity index (χ4v) is 2.46. The summed E-state index contributed by atoms with van der Waals surface area (Å²) in [5.74, 6) is -1.08. The van der Waals surface area contributed by atoms with Crippen LogP contribution in [0.2, 0.25) is 5.02 Å². The highest BCUT2D eigenvalue weighted by Crippen LogP contribution is 2.17. The Hall–Kier alpha value is -2.39. The summed E-state index contributed by atoms with van der Waals surface area (Å²) < 4.78 is 13.7. The van der Waals surface area contributed by atoms with Crippen LogP contribution in [0.3, 0.4) is 0 Å². The van der Waals surface area contributed by atoms with Gasteiger partial charge >= 0.3 is 0 Å². The molecule has 4 heteroatoms. The van der Waals surface area contributed by atoms with Crippen LogP contribution in [-0.4, -0.2) is 5.91 Å². The molecule has 0 aromatic heterocycles. The van der Waals surface area contributed by atoms with Gasteiger partial charge < -0.3 is 5.32 Å². The number of nitrogens with one attached hydrogen (secondary N) is 1. The fraction of sp³-hybridized carbons (Fsp3) is 0.0556. The first kappa shape index (κ1) is 14.5. The average Bonchev–Trinajstić information content (AvgIpc) is 2.52. The van der Waals surface area contributed by atoms with E-state index in [9.17, 15) is 9.18 Å². The van der Waals surface area contributed by atoms with E-state index in [1.165, 1.54) is 12.1 Å². The Balaban J connectivity index is 1.74. The molecule has 0 aliphatic carbocycles. The molecule has 0 saturated carbocycles. The molecule has 2 nitrogen and oxygen atoms in total. The number of amides is 1. The molecule has 0 aliphatic rings. The van der Waals surface area contributed by atoms with Crippen molar-refractivity contribution in [3.8, 4) is 0 Å². The monoisotopic (exact) mass is 313 g/mol. The summed E-state index contributed by atoms with van der Waals surface area (Å²) in [7, 11) is 0. The quantitative estimate of drug-likeness (QED) is 0.754. The van der Waals surface area contributed by atoms with Crippen LogP contribution in [0.1, 0.15) is 15.9 Å². The zero-order chi connectivity index (χ0) is 15.5. The van der Waals surface area contributed by atoms with E-state index in [0.29, 0.717) is 6.54 Å². The first-order chi connectivity index (χ1) is 10.6. The molecule has 0 saturated heterocycles. The second kappa shape index (κ2) is 6.16. The molecule has 0 fully saturated rings. The van der Waals surface area contributed by atoms with Gasteiger partial charge in [0.2, 0.25) is 0 Å². The predicted molar refractivity (Wildman–Crippen MR) is 86.5 cm³/mol. The Morgan fingerprint density at radius 2 is 1.77 bits per heavy atom. The van der Waals surface area contributed by atoms with E-state index in [2.05, 4.69) is 5.32 Å². The van der Waals surface area contributed by atoms with E-state index in [0.717, 1.165) is 22.4 Å². The molecule has 1 N–H and O–H groups in total. The molecular weight excluding hydrogens is 301 g/mol. The average molecular weight is 314 g/mol. The lowest BCUT2D eigenvalue weighted by atomic mass is 10.1. The molecule has 0 aliphatic heterocycles. The topological polar surface area (TPSA) is 29.1 Å². The third-order valence-electron chi connectivity index (χ3n) is 3.44. The summed E-state index contributed by atoms with van der Waals surface area (Å²) in [6.45, 7) is 0.339. The van der Waals surface area contributed by atoms with Crippen LogP contribution in [0, 0.1) is 5.82 Å². The Bertz CT molecular complexity index is 847. The van der Waals surface area contributed by atoms with Gasteiger partial charge in [0, 0.05) is 11.6 Å². The van der Waals surface area contributed by atoms with E-state index in [1.54, 1.807) is 0 Å². The van der Waals surface area contributed by atoms with Gasteiger partial charge in [0.25, 0.3) is 5.91 Å². The fourth-order valence-electron chi connectivity index (χ4n) is 2.30. The van der Waals surface area contributed by atoms with Gasteiger partial charge in [-0.3, -0.25) is 4.79 Å². The maximum absolute atomic E-state index is 13.7. The maximum Gasteiger partial charge on any atom is 0.254 e. The van der Waals surface area contributed by atoms with Gasteiger partial charge in [-0.25, -0.2) is 4.39 Å². The van der Waals surface area contributed by atoms with E-state index >= 15 is 0 Å². The first-order valence-corrected chi connectivity index (χ1v) is 7.22. The minimum Gasteiger partial charge on any atom is -0.348 e. The van der Waals surface area contributed by atoms with Gasteiger partial charge in [-0.1, -0.05) is 48.0 Å². The van der Waals surface area contributed by atoms with Crippen molar-refractivity contribution in [2.24, 2.45) is 0 Å². The smallest absolute Gasteiger partial charge is 0.254 e. The van der Waals surface area contributed by atoms with E-state index in [4.69, 9.17) is 11.6 Å². The highest BCUT2D eigenvalue weighted by molar-refractivity contribution is 6.30. The van der Waals surface area contributed by atoms with Crippen molar-refractivity contribution in [1.82, 2.24) is 5.32 Å². The van der Waals surface area contributed by atoms with Gasteiger partial charge in [0.15, 0.2) is 0 Å². The molecule has 0 bridgehead atoms. The zero-order valence-electron chi connectivity index (χ0n) is 11.6. The molecule has 3 aromatic rings. The number of rotatable bonds is 3. The highest BCUT2D eigenvalue weighted by atomic mass is 35.5. The minimum atomic E-state index is -0.622. The molecule has 0 radical (unpaired) electrons. The third kappa shape index (κ3) is 3.10. The first-order valence-electron chi connectivity index (χ1n) is 6.84. The van der Waals surface area contributed by atoms with Gasteiger partial charge in [0.05, 0.1) is 5.56 Å². The van der Waals surface area contributed by atoms with E-state index < -0.39 is 11.7 Å². The number of benzene rings is 3. The Kier molecular flexibility index (Phi) is 4.07. The van der Waals surface area contributed by atoms with Crippen molar-refractivity contribution in [3.05, 3.63) is 82.6 Å². The normalized spacial score (nSPS) is 10.6. The van der Waals surface area contributed by atoms with Crippen molar-refractivity contribution < 1.29 is 9.18 Å². The Labute approximate surface area is 132 Å². The lowest BCUT2D eigenvalue weighted by Crippen LogP contribution is -2.23. The van der Waals surface area contributed by atoms with Crippen LogP contribution in [0.25, 0.3) is 10.8 Å². The van der Waals surface area contributed by atoms with Gasteiger partial charge in [-0.15, -0.1) is 0 Å². The summed E-state index contributed by atoms with van der Waals surface area (Å²) in [6, 6.07) is 17.9. The molecule has 0 atom stereocenters.